The van der Waals surface area contributed by atoms with Crippen molar-refractivity contribution in [2.45, 2.75) is 30.9 Å². The molecule has 132 valence electrons. The van der Waals surface area contributed by atoms with E-state index >= 15 is 0 Å². The van der Waals surface area contributed by atoms with Crippen molar-refractivity contribution < 1.29 is 9.53 Å². The first-order valence-electron chi connectivity index (χ1n) is 8.94. The number of para-hydroxylation sites is 1. The molecule has 2 aromatic carbocycles. The number of hydrogen-bond acceptors (Lipinski definition) is 4. The van der Waals surface area contributed by atoms with Crippen molar-refractivity contribution in [2.24, 2.45) is 0 Å². The summed E-state index contributed by atoms with van der Waals surface area (Å²) >= 11 is 0. The lowest BCUT2D eigenvalue weighted by Crippen LogP contribution is -2.49. The zero-order valence-corrected chi connectivity index (χ0v) is 14.5. The number of nitriles is 1. The van der Waals surface area contributed by atoms with E-state index in [4.69, 9.17) is 4.74 Å². The number of nitrogens with one attached hydrogen (secondary N) is 1. The minimum atomic E-state index is -0.281. The second kappa shape index (κ2) is 6.72. The van der Waals surface area contributed by atoms with Gasteiger partial charge in [-0.1, -0.05) is 48.5 Å². The quantitative estimate of drug-likeness (QED) is 0.900. The zero-order valence-electron chi connectivity index (χ0n) is 14.5. The second-order valence-electron chi connectivity index (χ2n) is 6.94. The van der Waals surface area contributed by atoms with Gasteiger partial charge < -0.3 is 15.0 Å². The van der Waals surface area contributed by atoms with Gasteiger partial charge in [0.15, 0.2) is 0 Å². The van der Waals surface area contributed by atoms with Crippen LogP contribution in [0, 0.1) is 11.3 Å². The Bertz CT molecular complexity index is 836. The van der Waals surface area contributed by atoms with Gasteiger partial charge in [0.1, 0.15) is 12.6 Å². The second-order valence-corrected chi connectivity index (χ2v) is 6.94. The van der Waals surface area contributed by atoms with E-state index in [9.17, 15) is 10.1 Å². The highest BCUT2D eigenvalue weighted by molar-refractivity contribution is 5.69. The SMILES string of the molecule is N#C[C@H]1Nc2ccccc2C12CCN(C(=O)OCc1ccccc1)CC2. The molecule has 1 amide bonds. The van der Waals surface area contributed by atoms with E-state index in [1.54, 1.807) is 4.90 Å². The Balaban J connectivity index is 1.42. The van der Waals surface area contributed by atoms with Crippen LogP contribution in [0.2, 0.25) is 0 Å². The fourth-order valence-electron chi connectivity index (χ4n) is 4.11. The summed E-state index contributed by atoms with van der Waals surface area (Å²) in [5, 5.41) is 13.0. The van der Waals surface area contributed by atoms with Crippen LogP contribution in [0.25, 0.3) is 0 Å². The standard InChI is InChI=1S/C21H21N3O2/c22-14-19-21(17-8-4-5-9-18(17)23-19)10-12-24(13-11-21)20(25)26-15-16-6-2-1-3-7-16/h1-9,19,23H,10-13,15H2/t19-/m1/s1. The van der Waals surface area contributed by atoms with Crippen LogP contribution in [0.5, 0.6) is 0 Å². The highest BCUT2D eigenvalue weighted by Gasteiger charge is 2.49. The normalized spacial score (nSPS) is 20.1. The number of benzene rings is 2. The van der Waals surface area contributed by atoms with Gasteiger partial charge in [-0.05, 0) is 30.0 Å². The molecule has 5 heteroatoms. The van der Waals surface area contributed by atoms with Crippen molar-refractivity contribution >= 4 is 11.8 Å². The van der Waals surface area contributed by atoms with Crippen molar-refractivity contribution in [1.82, 2.24) is 4.90 Å². The number of hydrogen-bond donors (Lipinski definition) is 1. The van der Waals surface area contributed by atoms with Crippen molar-refractivity contribution in [1.29, 1.82) is 5.26 Å². The Labute approximate surface area is 153 Å². The van der Waals surface area contributed by atoms with Crippen molar-refractivity contribution in [3.05, 3.63) is 65.7 Å². The van der Waals surface area contributed by atoms with Crippen LogP contribution in [0.3, 0.4) is 0 Å². The Morgan fingerprint density at radius 3 is 2.58 bits per heavy atom. The van der Waals surface area contributed by atoms with Crippen LogP contribution in [0.1, 0.15) is 24.0 Å². The largest absolute Gasteiger partial charge is 0.445 e. The molecule has 1 fully saturated rings. The lowest BCUT2D eigenvalue weighted by Gasteiger charge is -2.40. The number of fused-ring (bicyclic) bond motifs is 2. The molecule has 0 aromatic heterocycles. The number of nitrogens with zero attached hydrogens (tertiary/aromatic N) is 2. The van der Waals surface area contributed by atoms with Gasteiger partial charge in [0, 0.05) is 24.2 Å². The Kier molecular flexibility index (Phi) is 4.26. The van der Waals surface area contributed by atoms with E-state index in [2.05, 4.69) is 17.5 Å². The maximum absolute atomic E-state index is 12.4. The summed E-state index contributed by atoms with van der Waals surface area (Å²) in [4.78, 5) is 14.1. The number of ether oxygens (including phenoxy) is 1. The van der Waals surface area contributed by atoms with Crippen LogP contribution >= 0.6 is 0 Å². The van der Waals surface area contributed by atoms with E-state index in [1.807, 2.05) is 48.5 Å². The van der Waals surface area contributed by atoms with Crippen molar-refractivity contribution in [3.8, 4) is 6.07 Å². The van der Waals surface area contributed by atoms with Crippen LogP contribution in [-0.4, -0.2) is 30.1 Å². The molecule has 1 N–H and O–H groups in total. The molecular weight excluding hydrogens is 326 g/mol. The summed E-state index contributed by atoms with van der Waals surface area (Å²) in [5.41, 5.74) is 3.00. The Morgan fingerprint density at radius 1 is 1.15 bits per heavy atom. The molecule has 0 aliphatic carbocycles. The molecule has 26 heavy (non-hydrogen) atoms. The van der Waals surface area contributed by atoms with E-state index < -0.39 is 0 Å². The number of anilines is 1. The molecular formula is C21H21N3O2. The van der Waals surface area contributed by atoms with Gasteiger partial charge in [0.2, 0.25) is 0 Å². The van der Waals surface area contributed by atoms with E-state index in [0.29, 0.717) is 13.1 Å². The van der Waals surface area contributed by atoms with Gasteiger partial charge in [0.05, 0.1) is 6.07 Å². The van der Waals surface area contributed by atoms with E-state index in [1.165, 1.54) is 5.56 Å². The monoisotopic (exact) mass is 347 g/mol. The Morgan fingerprint density at radius 2 is 1.85 bits per heavy atom. The predicted molar refractivity (Wildman–Crippen MR) is 98.6 cm³/mol. The number of carbonyl (C=O) groups excluding carboxylic acids is 1. The summed E-state index contributed by atoms with van der Waals surface area (Å²) in [6, 6.07) is 20.0. The minimum absolute atomic E-state index is 0.221. The van der Waals surface area contributed by atoms with Gasteiger partial charge in [-0.25, -0.2) is 4.79 Å². The minimum Gasteiger partial charge on any atom is -0.445 e. The molecule has 1 saturated heterocycles. The van der Waals surface area contributed by atoms with Crippen LogP contribution in [0.15, 0.2) is 54.6 Å². The van der Waals surface area contributed by atoms with Gasteiger partial charge in [-0.3, -0.25) is 0 Å². The fourth-order valence-corrected chi connectivity index (χ4v) is 4.11. The summed E-state index contributed by atoms with van der Waals surface area (Å²) in [5.74, 6) is 0. The van der Waals surface area contributed by atoms with Crippen LogP contribution in [-0.2, 0) is 16.8 Å². The van der Waals surface area contributed by atoms with Crippen LogP contribution in [0.4, 0.5) is 10.5 Å². The summed E-state index contributed by atoms with van der Waals surface area (Å²) in [6.07, 6.45) is 1.24. The van der Waals surface area contributed by atoms with Gasteiger partial charge >= 0.3 is 6.09 Å². The predicted octanol–water partition coefficient (Wildman–Crippen LogP) is 3.67. The van der Waals surface area contributed by atoms with Crippen molar-refractivity contribution in [3.63, 3.8) is 0 Å². The molecule has 0 bridgehead atoms. The van der Waals surface area contributed by atoms with Gasteiger partial charge in [0.25, 0.3) is 0 Å². The first-order chi connectivity index (χ1) is 12.7. The number of carbonyl (C=O) groups is 1. The molecule has 2 heterocycles. The zero-order chi connectivity index (χ0) is 18.0. The summed E-state index contributed by atoms with van der Waals surface area (Å²) in [6.45, 7) is 1.48. The lowest BCUT2D eigenvalue weighted by molar-refractivity contribution is 0.0774. The average molecular weight is 347 g/mol. The molecule has 0 saturated carbocycles. The lowest BCUT2D eigenvalue weighted by atomic mass is 9.70. The first kappa shape index (κ1) is 16.5. The smallest absolute Gasteiger partial charge is 0.410 e. The maximum Gasteiger partial charge on any atom is 0.410 e. The Hall–Kier alpha value is -3.00. The maximum atomic E-state index is 12.4. The highest BCUT2D eigenvalue weighted by Crippen LogP contribution is 2.47. The highest BCUT2D eigenvalue weighted by atomic mass is 16.6. The first-order valence-corrected chi connectivity index (χ1v) is 8.94. The van der Waals surface area contributed by atoms with Crippen molar-refractivity contribution in [2.75, 3.05) is 18.4 Å². The number of piperidine rings is 1. The average Bonchev–Trinajstić information content (AvgIpc) is 3.01. The number of rotatable bonds is 2. The molecule has 2 aliphatic heterocycles. The molecule has 2 aromatic rings. The molecule has 1 spiro atoms. The number of amides is 1. The summed E-state index contributed by atoms with van der Waals surface area (Å²) < 4.78 is 5.45. The fraction of sp³-hybridized carbons (Fsp3) is 0.333. The molecule has 0 unspecified atom stereocenters. The molecule has 0 radical (unpaired) electrons. The molecule has 2 aliphatic rings. The van der Waals surface area contributed by atoms with E-state index in [-0.39, 0.29) is 24.2 Å². The van der Waals surface area contributed by atoms with Gasteiger partial charge in [-0.15, -0.1) is 0 Å². The van der Waals surface area contributed by atoms with Gasteiger partial charge in [-0.2, -0.15) is 5.26 Å². The summed E-state index contributed by atoms with van der Waals surface area (Å²) in [7, 11) is 0. The molecule has 4 rings (SSSR count). The third-order valence-corrected chi connectivity index (χ3v) is 5.56. The topological polar surface area (TPSA) is 65.4 Å². The number of likely N-dealkylation sites (tertiary alicyclic amines) is 1. The molecule has 1 atom stereocenters. The third-order valence-electron chi connectivity index (χ3n) is 5.56. The van der Waals surface area contributed by atoms with E-state index in [0.717, 1.165) is 24.1 Å². The molecule has 5 nitrogen and oxygen atoms in total. The third kappa shape index (κ3) is 2.78. The van der Waals surface area contributed by atoms with Crippen LogP contribution < -0.4 is 5.32 Å².